The Labute approximate surface area is 242 Å². The molecule has 4 heterocycles. The Hall–Kier alpha value is -3.47. The Morgan fingerprint density at radius 1 is 1.12 bits per heavy atom. The van der Waals surface area contributed by atoms with E-state index in [2.05, 4.69) is 25.6 Å². The van der Waals surface area contributed by atoms with Crippen molar-refractivity contribution in [2.24, 2.45) is 0 Å². The van der Waals surface area contributed by atoms with Crippen LogP contribution in [0.15, 0.2) is 36.7 Å². The zero-order valence-electron chi connectivity index (χ0n) is 22.4. The zero-order chi connectivity index (χ0) is 28.4. The first kappa shape index (κ1) is 28.1. The van der Waals surface area contributed by atoms with Crippen molar-refractivity contribution in [1.82, 2.24) is 25.2 Å². The topological polar surface area (TPSA) is 119 Å². The highest BCUT2D eigenvalue weighted by atomic mass is 35.5. The van der Waals surface area contributed by atoms with E-state index in [1.54, 1.807) is 30.2 Å². The number of ether oxygens (including phenoxy) is 2. The number of halogens is 2. The number of nitrogens with one attached hydrogen (secondary N) is 2. The Morgan fingerprint density at radius 3 is 2.62 bits per heavy atom. The zero-order valence-corrected chi connectivity index (χ0v) is 23.9. The van der Waals surface area contributed by atoms with E-state index in [4.69, 9.17) is 32.7 Å². The molecule has 10 nitrogen and oxygen atoms in total. The monoisotopic (exact) mass is 584 g/mol. The summed E-state index contributed by atoms with van der Waals surface area (Å²) in [6.07, 6.45) is 4.79. The van der Waals surface area contributed by atoms with Crippen LogP contribution in [0.5, 0.6) is 5.88 Å². The van der Waals surface area contributed by atoms with Crippen molar-refractivity contribution in [1.29, 1.82) is 0 Å². The first-order chi connectivity index (χ1) is 19.2. The quantitative estimate of drug-likeness (QED) is 0.392. The van der Waals surface area contributed by atoms with Gasteiger partial charge in [0.25, 0.3) is 5.91 Å². The summed E-state index contributed by atoms with van der Waals surface area (Å²) in [5.74, 6) is 0.334. The molecule has 1 saturated heterocycles. The fraction of sp³-hybridized carbons (Fsp3) is 0.393. The second-order valence-corrected chi connectivity index (χ2v) is 10.7. The Kier molecular flexibility index (Phi) is 8.39. The van der Waals surface area contributed by atoms with E-state index < -0.39 is 12.1 Å². The maximum Gasteiger partial charge on any atom is 0.255 e. The highest BCUT2D eigenvalue weighted by Gasteiger charge is 2.35. The van der Waals surface area contributed by atoms with E-state index in [0.717, 1.165) is 18.4 Å². The van der Waals surface area contributed by atoms with Gasteiger partial charge in [0.15, 0.2) is 0 Å². The molecule has 2 atom stereocenters. The maximum absolute atomic E-state index is 13.4. The molecule has 0 unspecified atom stereocenters. The molecule has 2 amide bonds. The minimum atomic E-state index is -0.716. The van der Waals surface area contributed by atoms with Gasteiger partial charge in [0.2, 0.25) is 17.7 Å². The van der Waals surface area contributed by atoms with Crippen LogP contribution in [0.1, 0.15) is 54.2 Å². The molecule has 1 fully saturated rings. The second kappa shape index (κ2) is 12.0. The number of amides is 2. The number of carbonyl (C=O) groups excluding carboxylic acids is 2. The van der Waals surface area contributed by atoms with E-state index in [1.807, 2.05) is 19.1 Å². The van der Waals surface area contributed by atoms with Gasteiger partial charge in [-0.3, -0.25) is 9.59 Å². The number of nitrogens with zero attached hydrogens (tertiary/aromatic N) is 4. The molecule has 2 N–H and O–H groups in total. The third kappa shape index (κ3) is 5.84. The van der Waals surface area contributed by atoms with Gasteiger partial charge in [-0.1, -0.05) is 35.3 Å². The van der Waals surface area contributed by atoms with Crippen molar-refractivity contribution >= 4 is 41.0 Å². The number of pyridine rings is 1. The molecule has 2 aromatic heterocycles. The van der Waals surface area contributed by atoms with Crippen molar-refractivity contribution in [2.75, 3.05) is 25.6 Å². The summed E-state index contributed by atoms with van der Waals surface area (Å²) < 4.78 is 10.6. The van der Waals surface area contributed by atoms with Gasteiger partial charge in [0.05, 0.1) is 35.1 Å². The molecule has 0 saturated carbocycles. The molecule has 2 aliphatic heterocycles. The molecular weight excluding hydrogens is 555 g/mol. The number of hydrogen-bond acceptors (Lipinski definition) is 8. The predicted molar refractivity (Wildman–Crippen MR) is 152 cm³/mol. The first-order valence-electron chi connectivity index (χ1n) is 13.1. The van der Waals surface area contributed by atoms with Gasteiger partial charge in [0, 0.05) is 49.2 Å². The van der Waals surface area contributed by atoms with Crippen molar-refractivity contribution in [3.05, 3.63) is 63.4 Å². The van der Waals surface area contributed by atoms with E-state index in [-0.39, 0.29) is 17.9 Å². The minimum Gasteiger partial charge on any atom is -0.481 e. The Morgan fingerprint density at radius 2 is 1.88 bits per heavy atom. The van der Waals surface area contributed by atoms with Crippen LogP contribution in [0.4, 0.5) is 5.95 Å². The van der Waals surface area contributed by atoms with Crippen LogP contribution in [0.2, 0.25) is 10.0 Å². The summed E-state index contributed by atoms with van der Waals surface area (Å²) in [7, 11) is 1.51. The highest BCUT2D eigenvalue weighted by molar-refractivity contribution is 6.33. The van der Waals surface area contributed by atoms with E-state index in [9.17, 15) is 9.59 Å². The van der Waals surface area contributed by atoms with Crippen LogP contribution in [-0.4, -0.2) is 64.1 Å². The molecule has 40 heavy (non-hydrogen) atoms. The summed E-state index contributed by atoms with van der Waals surface area (Å²) in [5, 5.41) is 7.09. The number of methoxy groups -OCH3 is 1. The van der Waals surface area contributed by atoms with Crippen LogP contribution >= 0.6 is 23.2 Å². The summed E-state index contributed by atoms with van der Waals surface area (Å²) in [5.41, 5.74) is 3.24. The normalized spacial score (nSPS) is 16.8. The number of carbonyl (C=O) groups is 2. The summed E-state index contributed by atoms with van der Waals surface area (Å²) in [4.78, 5) is 41.2. The second-order valence-electron chi connectivity index (χ2n) is 9.88. The van der Waals surface area contributed by atoms with Crippen molar-refractivity contribution in [3.63, 3.8) is 0 Å². The number of fused-ring (bicyclic) bond motifs is 1. The van der Waals surface area contributed by atoms with Gasteiger partial charge in [-0.25, -0.2) is 15.0 Å². The standard InChI is InChI=1S/C28H30Cl2N6O4/c1-15(20-11-24(39-3)31-12-22(20)29)33-26(37)16(2)36-14-18-5-4-17(10-21(18)27(36)38)25-23(30)13-32-28(35-25)34-19-6-8-40-9-7-19/h4-5,10-13,15-16,19H,6-9,14H2,1-3H3,(H,33,37)(H,32,34,35)/t15-,16-/m1/s1. The molecule has 12 heteroatoms. The van der Waals surface area contributed by atoms with Crippen LogP contribution in [0.3, 0.4) is 0 Å². The van der Waals surface area contributed by atoms with Gasteiger partial charge in [0.1, 0.15) is 6.04 Å². The molecule has 2 aliphatic rings. The lowest BCUT2D eigenvalue weighted by molar-refractivity contribution is -0.125. The lowest BCUT2D eigenvalue weighted by Crippen LogP contribution is -2.45. The van der Waals surface area contributed by atoms with Crippen LogP contribution < -0.4 is 15.4 Å². The van der Waals surface area contributed by atoms with Crippen molar-refractivity contribution in [2.45, 2.75) is 51.4 Å². The average molecular weight is 585 g/mol. The third-order valence-electron chi connectivity index (χ3n) is 7.26. The molecule has 0 spiro atoms. The van der Waals surface area contributed by atoms with Gasteiger partial charge >= 0.3 is 0 Å². The van der Waals surface area contributed by atoms with Crippen molar-refractivity contribution in [3.8, 4) is 17.1 Å². The molecule has 0 radical (unpaired) electrons. The fourth-order valence-corrected chi connectivity index (χ4v) is 5.35. The Balaban J connectivity index is 1.30. The molecule has 1 aromatic carbocycles. The average Bonchev–Trinajstić information content (AvgIpc) is 3.29. The lowest BCUT2D eigenvalue weighted by atomic mass is 10.0. The fourth-order valence-electron chi connectivity index (χ4n) is 4.88. The van der Waals surface area contributed by atoms with Crippen LogP contribution in [0, 0.1) is 0 Å². The van der Waals surface area contributed by atoms with E-state index in [0.29, 0.717) is 64.0 Å². The smallest absolute Gasteiger partial charge is 0.255 e. The number of hydrogen-bond donors (Lipinski definition) is 2. The first-order valence-corrected chi connectivity index (χ1v) is 13.8. The van der Waals surface area contributed by atoms with Gasteiger partial charge in [-0.15, -0.1) is 0 Å². The molecule has 5 rings (SSSR count). The minimum absolute atomic E-state index is 0.227. The van der Waals surface area contributed by atoms with Crippen molar-refractivity contribution < 1.29 is 19.1 Å². The summed E-state index contributed by atoms with van der Waals surface area (Å²) in [6.45, 7) is 5.23. The Bertz CT molecular complexity index is 1430. The van der Waals surface area contributed by atoms with Gasteiger partial charge in [-0.2, -0.15) is 0 Å². The van der Waals surface area contributed by atoms with Crippen LogP contribution in [-0.2, 0) is 16.1 Å². The SMILES string of the molecule is COc1cc([C@@H](C)NC(=O)[C@@H](C)N2Cc3ccc(-c4nc(NC5CCOCC5)ncc4Cl)cc3C2=O)c(Cl)cn1. The summed E-state index contributed by atoms with van der Waals surface area (Å²) in [6, 6.07) is 6.31. The molecule has 0 aliphatic carbocycles. The van der Waals surface area contributed by atoms with E-state index in [1.165, 1.54) is 13.3 Å². The maximum atomic E-state index is 13.4. The number of anilines is 1. The van der Waals surface area contributed by atoms with E-state index >= 15 is 0 Å². The lowest BCUT2D eigenvalue weighted by Gasteiger charge is -2.25. The molecule has 0 bridgehead atoms. The number of benzene rings is 1. The van der Waals surface area contributed by atoms with Gasteiger partial charge < -0.3 is 25.0 Å². The molecule has 210 valence electrons. The third-order valence-corrected chi connectivity index (χ3v) is 7.85. The summed E-state index contributed by atoms with van der Waals surface area (Å²) >= 11 is 12.8. The molecule has 3 aromatic rings. The molecular formula is C28H30Cl2N6O4. The largest absolute Gasteiger partial charge is 0.481 e. The van der Waals surface area contributed by atoms with Gasteiger partial charge in [-0.05, 0) is 43.9 Å². The van der Waals surface area contributed by atoms with Crippen LogP contribution in [0.25, 0.3) is 11.3 Å². The highest BCUT2D eigenvalue weighted by Crippen LogP contribution is 2.33. The number of rotatable bonds is 8. The number of aromatic nitrogens is 3. The predicted octanol–water partition coefficient (Wildman–Crippen LogP) is 4.67.